The zero-order valence-corrected chi connectivity index (χ0v) is 19.8. The van der Waals surface area contributed by atoms with E-state index < -0.39 is 0 Å². The third-order valence-electron chi connectivity index (χ3n) is 5.94. The summed E-state index contributed by atoms with van der Waals surface area (Å²) in [4.78, 5) is 19.5. The average molecular weight is 447 g/mol. The smallest absolute Gasteiger partial charge is 0.322 e. The number of nitrogens with one attached hydrogen (secondary N) is 1. The summed E-state index contributed by atoms with van der Waals surface area (Å²) in [6, 6.07) is 15.1. The highest BCUT2D eigenvalue weighted by Gasteiger charge is 2.35. The molecular weight excluding hydrogens is 416 g/mol. The second kappa shape index (κ2) is 9.48. The van der Waals surface area contributed by atoms with Gasteiger partial charge in [0.05, 0.1) is 18.7 Å². The molecule has 0 bridgehead atoms. The minimum atomic E-state index is -0.377. The van der Waals surface area contributed by atoms with E-state index >= 15 is 0 Å². The van der Waals surface area contributed by atoms with Gasteiger partial charge in [-0.05, 0) is 56.0 Å². The molecule has 7 heteroatoms. The maximum absolute atomic E-state index is 13.0. The summed E-state index contributed by atoms with van der Waals surface area (Å²) in [5, 5.41) is 7.37. The van der Waals surface area contributed by atoms with E-state index in [1.165, 1.54) is 0 Å². The molecule has 1 unspecified atom stereocenters. The van der Waals surface area contributed by atoms with Crippen LogP contribution in [0.2, 0.25) is 0 Å². The number of amides is 2. The van der Waals surface area contributed by atoms with Gasteiger partial charge in [0.1, 0.15) is 5.75 Å². The van der Waals surface area contributed by atoms with E-state index in [1.807, 2.05) is 62.4 Å². The van der Waals surface area contributed by atoms with Crippen LogP contribution >= 0.6 is 0 Å². The largest absolute Gasteiger partial charge is 0.497 e. The van der Waals surface area contributed by atoms with Crippen molar-refractivity contribution in [2.45, 2.75) is 40.2 Å². The molecule has 1 N–H and O–H groups in total. The lowest BCUT2D eigenvalue weighted by Gasteiger charge is -2.35. The van der Waals surface area contributed by atoms with Gasteiger partial charge in [0, 0.05) is 17.8 Å². The molecule has 0 saturated carbocycles. The summed E-state index contributed by atoms with van der Waals surface area (Å²) in [6.45, 7) is 8.91. The van der Waals surface area contributed by atoms with E-state index in [-0.39, 0.29) is 12.1 Å². The molecule has 1 aliphatic rings. The number of ether oxygens (including phenoxy) is 1. The van der Waals surface area contributed by atoms with Gasteiger partial charge in [0.15, 0.2) is 0 Å². The quantitative estimate of drug-likeness (QED) is 0.511. The first kappa shape index (κ1) is 22.6. The highest BCUT2D eigenvalue weighted by Crippen LogP contribution is 2.37. The van der Waals surface area contributed by atoms with E-state index in [4.69, 9.17) is 14.2 Å². The molecule has 1 aromatic heterocycles. The molecular formula is C26H30N4O3. The number of allylic oxidation sites excluding steroid dienone is 1. The van der Waals surface area contributed by atoms with Crippen LogP contribution in [0.3, 0.4) is 0 Å². The Morgan fingerprint density at radius 2 is 1.79 bits per heavy atom. The van der Waals surface area contributed by atoms with Crippen molar-refractivity contribution < 1.29 is 14.1 Å². The summed E-state index contributed by atoms with van der Waals surface area (Å²) >= 11 is 0. The van der Waals surface area contributed by atoms with E-state index in [9.17, 15) is 4.79 Å². The molecule has 33 heavy (non-hydrogen) atoms. The molecule has 0 aliphatic carbocycles. The number of urea groups is 1. The van der Waals surface area contributed by atoms with Crippen LogP contribution in [-0.4, -0.2) is 34.7 Å². The number of aromatic nitrogens is 2. The zero-order chi connectivity index (χ0) is 23.5. The van der Waals surface area contributed by atoms with Crippen LogP contribution in [-0.2, 0) is 0 Å². The Kier molecular flexibility index (Phi) is 6.49. The summed E-state index contributed by atoms with van der Waals surface area (Å²) < 4.78 is 11.0. The fourth-order valence-corrected chi connectivity index (χ4v) is 3.91. The summed E-state index contributed by atoms with van der Waals surface area (Å²) in [5.74, 6) is 2.13. The Morgan fingerprint density at radius 1 is 1.09 bits per heavy atom. The van der Waals surface area contributed by atoms with Crippen molar-refractivity contribution in [3.63, 3.8) is 0 Å². The van der Waals surface area contributed by atoms with Crippen LogP contribution in [0.25, 0.3) is 17.0 Å². The van der Waals surface area contributed by atoms with Gasteiger partial charge in [-0.15, -0.1) is 0 Å². The Hall–Kier alpha value is -3.61. The van der Waals surface area contributed by atoms with Crippen molar-refractivity contribution in [2.75, 3.05) is 13.7 Å². The van der Waals surface area contributed by atoms with Gasteiger partial charge in [0.2, 0.25) is 5.82 Å². The number of methoxy groups -OCH3 is 1. The second-order valence-corrected chi connectivity index (χ2v) is 8.78. The van der Waals surface area contributed by atoms with Crippen LogP contribution in [0.4, 0.5) is 4.79 Å². The molecule has 0 radical (unpaired) electrons. The van der Waals surface area contributed by atoms with E-state index in [0.717, 1.165) is 40.1 Å². The third-order valence-corrected chi connectivity index (χ3v) is 5.94. The minimum Gasteiger partial charge on any atom is -0.497 e. The van der Waals surface area contributed by atoms with Crippen LogP contribution in [0.15, 0.2) is 58.8 Å². The molecule has 2 amide bonds. The lowest BCUT2D eigenvalue weighted by atomic mass is 9.94. The van der Waals surface area contributed by atoms with Gasteiger partial charge in [0.25, 0.3) is 5.89 Å². The van der Waals surface area contributed by atoms with Crippen LogP contribution in [0.5, 0.6) is 5.75 Å². The molecule has 0 saturated heterocycles. The summed E-state index contributed by atoms with van der Waals surface area (Å²) in [7, 11) is 1.63. The van der Waals surface area contributed by atoms with Crippen LogP contribution in [0, 0.1) is 12.8 Å². The topological polar surface area (TPSA) is 80.5 Å². The lowest BCUT2D eigenvalue weighted by molar-refractivity contribution is 0.202. The molecule has 2 aromatic carbocycles. The first-order valence-electron chi connectivity index (χ1n) is 11.2. The Morgan fingerprint density at radius 3 is 2.42 bits per heavy atom. The number of aryl methyl sites for hydroxylation is 1. The Bertz CT molecular complexity index is 1150. The first-order chi connectivity index (χ1) is 15.9. The van der Waals surface area contributed by atoms with Crippen molar-refractivity contribution in [3.8, 4) is 17.1 Å². The fraction of sp³-hybridized carbons (Fsp3) is 0.346. The molecule has 172 valence electrons. The number of rotatable bonds is 7. The van der Waals surface area contributed by atoms with Crippen molar-refractivity contribution in [1.29, 1.82) is 0 Å². The average Bonchev–Trinajstić information content (AvgIpc) is 3.28. The third kappa shape index (κ3) is 4.77. The van der Waals surface area contributed by atoms with Crippen molar-refractivity contribution in [2.24, 2.45) is 5.92 Å². The van der Waals surface area contributed by atoms with Crippen molar-refractivity contribution >= 4 is 11.6 Å². The van der Waals surface area contributed by atoms with Crippen molar-refractivity contribution in [1.82, 2.24) is 20.4 Å². The summed E-state index contributed by atoms with van der Waals surface area (Å²) in [5.41, 5.74) is 4.59. The standard InChI is InChI=1S/C26H30N4O3/c1-16(2)14-15-30-18(4)22(23(27-26(30)31)19-8-6-17(3)7-9-19)25-28-24(29-33-25)20-10-12-21(32-5)13-11-20/h6-13,16,23H,14-15H2,1-5H3,(H,27,31). The molecule has 3 aromatic rings. The predicted molar refractivity (Wildman–Crippen MR) is 127 cm³/mol. The number of nitrogens with zero attached hydrogens (tertiary/aromatic N) is 3. The van der Waals surface area contributed by atoms with E-state index in [1.54, 1.807) is 12.0 Å². The van der Waals surface area contributed by atoms with Crippen LogP contribution < -0.4 is 10.1 Å². The fourth-order valence-electron chi connectivity index (χ4n) is 3.91. The number of hydrogen-bond donors (Lipinski definition) is 1. The van der Waals surface area contributed by atoms with Gasteiger partial charge in [-0.2, -0.15) is 4.98 Å². The normalized spacial score (nSPS) is 16.4. The van der Waals surface area contributed by atoms with Gasteiger partial charge in [-0.3, -0.25) is 4.90 Å². The molecule has 4 rings (SSSR count). The first-order valence-corrected chi connectivity index (χ1v) is 11.2. The number of carbonyl (C=O) groups is 1. The van der Waals surface area contributed by atoms with E-state index in [0.29, 0.717) is 24.2 Å². The Balaban J connectivity index is 1.76. The minimum absolute atomic E-state index is 0.114. The maximum atomic E-state index is 13.0. The molecule has 1 atom stereocenters. The number of benzene rings is 2. The predicted octanol–water partition coefficient (Wildman–Crippen LogP) is 5.60. The lowest BCUT2D eigenvalue weighted by Crippen LogP contribution is -2.46. The molecule has 7 nitrogen and oxygen atoms in total. The number of carbonyl (C=O) groups excluding carboxylic acids is 1. The highest BCUT2D eigenvalue weighted by atomic mass is 16.5. The monoisotopic (exact) mass is 446 g/mol. The van der Waals surface area contributed by atoms with Gasteiger partial charge >= 0.3 is 6.03 Å². The second-order valence-electron chi connectivity index (χ2n) is 8.78. The maximum Gasteiger partial charge on any atom is 0.322 e. The van der Waals surface area contributed by atoms with Gasteiger partial charge in [-0.25, -0.2) is 4.79 Å². The molecule has 2 heterocycles. The molecule has 0 spiro atoms. The van der Waals surface area contributed by atoms with Crippen LogP contribution in [0.1, 0.15) is 50.3 Å². The van der Waals surface area contributed by atoms with Gasteiger partial charge < -0.3 is 14.6 Å². The summed E-state index contributed by atoms with van der Waals surface area (Å²) in [6.07, 6.45) is 0.897. The molecule has 1 aliphatic heterocycles. The molecule has 0 fully saturated rings. The van der Waals surface area contributed by atoms with E-state index in [2.05, 4.69) is 24.3 Å². The highest BCUT2D eigenvalue weighted by molar-refractivity contribution is 5.86. The Labute approximate surface area is 194 Å². The number of hydrogen-bond acceptors (Lipinski definition) is 5. The zero-order valence-electron chi connectivity index (χ0n) is 19.8. The SMILES string of the molecule is COc1ccc(-c2noc(C3=C(C)N(CCC(C)C)C(=O)NC3c3ccc(C)cc3)n2)cc1. The van der Waals surface area contributed by atoms with Gasteiger partial charge in [-0.1, -0.05) is 48.8 Å². The van der Waals surface area contributed by atoms with Crippen molar-refractivity contribution in [3.05, 3.63) is 71.2 Å².